The second-order valence-corrected chi connectivity index (χ2v) is 6.13. The third-order valence-corrected chi connectivity index (χ3v) is 4.26. The highest BCUT2D eigenvalue weighted by Gasteiger charge is 2.22. The molecule has 1 saturated heterocycles. The number of nitrogens with zero attached hydrogens (tertiary/aromatic N) is 3. The van der Waals surface area contributed by atoms with Crippen molar-refractivity contribution in [3.8, 4) is 11.8 Å². The van der Waals surface area contributed by atoms with Crippen LogP contribution in [0.15, 0.2) is 24.3 Å². The van der Waals surface area contributed by atoms with Crippen molar-refractivity contribution in [1.29, 1.82) is 5.26 Å². The Morgan fingerprint density at radius 2 is 1.72 bits per heavy atom. The molecule has 6 nitrogen and oxygen atoms in total. The van der Waals surface area contributed by atoms with Gasteiger partial charge < -0.3 is 14.5 Å². The molecule has 0 atom stereocenters. The zero-order valence-corrected chi connectivity index (χ0v) is 14.7. The minimum atomic E-state index is -0.166. The summed E-state index contributed by atoms with van der Waals surface area (Å²) in [5.74, 6) is 0.446. The van der Waals surface area contributed by atoms with Gasteiger partial charge in [0.25, 0.3) is 5.91 Å². The molecule has 1 aromatic rings. The van der Waals surface area contributed by atoms with E-state index in [1.54, 1.807) is 9.80 Å². The van der Waals surface area contributed by atoms with Gasteiger partial charge in [0.1, 0.15) is 12.2 Å². The molecule has 0 saturated carbocycles. The SMILES string of the molecule is CCCc1ccc(OCC(=O)N2CCCN(C(=O)CC#N)CC2)cc1. The Hall–Kier alpha value is -2.55. The maximum atomic E-state index is 12.3. The number of hydrogen-bond donors (Lipinski definition) is 0. The van der Waals surface area contributed by atoms with Crippen molar-refractivity contribution in [3.05, 3.63) is 29.8 Å². The van der Waals surface area contributed by atoms with Crippen molar-refractivity contribution in [2.75, 3.05) is 32.8 Å². The molecule has 0 radical (unpaired) electrons. The van der Waals surface area contributed by atoms with Crippen LogP contribution in [-0.4, -0.2) is 54.4 Å². The van der Waals surface area contributed by atoms with Crippen LogP contribution in [0.2, 0.25) is 0 Å². The van der Waals surface area contributed by atoms with Crippen molar-refractivity contribution in [2.24, 2.45) is 0 Å². The third kappa shape index (κ3) is 5.79. The summed E-state index contributed by atoms with van der Waals surface area (Å²) in [6.07, 6.45) is 2.75. The summed E-state index contributed by atoms with van der Waals surface area (Å²) in [4.78, 5) is 27.5. The fourth-order valence-corrected chi connectivity index (χ4v) is 2.87. The normalized spacial score (nSPS) is 14.6. The molecule has 1 heterocycles. The molecule has 134 valence electrons. The number of benzene rings is 1. The van der Waals surface area contributed by atoms with Gasteiger partial charge in [-0.15, -0.1) is 0 Å². The van der Waals surface area contributed by atoms with Gasteiger partial charge in [0.05, 0.1) is 6.07 Å². The summed E-state index contributed by atoms with van der Waals surface area (Å²) >= 11 is 0. The van der Waals surface area contributed by atoms with Crippen molar-refractivity contribution in [2.45, 2.75) is 32.6 Å². The van der Waals surface area contributed by atoms with E-state index < -0.39 is 0 Å². The van der Waals surface area contributed by atoms with E-state index >= 15 is 0 Å². The maximum Gasteiger partial charge on any atom is 0.260 e. The predicted molar refractivity (Wildman–Crippen MR) is 93.9 cm³/mol. The van der Waals surface area contributed by atoms with Crippen molar-refractivity contribution >= 4 is 11.8 Å². The van der Waals surface area contributed by atoms with E-state index in [9.17, 15) is 9.59 Å². The number of hydrogen-bond acceptors (Lipinski definition) is 4. The zero-order valence-electron chi connectivity index (χ0n) is 14.7. The standard InChI is InChI=1S/C19H25N3O3/c1-2-4-16-5-7-17(8-6-16)25-15-19(24)22-12-3-11-21(13-14-22)18(23)9-10-20/h5-8H,2-4,9,11-15H2,1H3. The molecule has 0 aliphatic carbocycles. The van der Waals surface area contributed by atoms with Crippen LogP contribution in [0, 0.1) is 11.3 Å². The minimum absolute atomic E-state index is 0.000728. The second-order valence-electron chi connectivity index (χ2n) is 6.13. The number of carbonyl (C=O) groups excluding carboxylic acids is 2. The van der Waals surface area contributed by atoms with Crippen molar-refractivity contribution in [3.63, 3.8) is 0 Å². The first-order chi connectivity index (χ1) is 12.1. The second kappa shape index (κ2) is 9.67. The number of amides is 2. The Bertz CT molecular complexity index is 622. The van der Waals surface area contributed by atoms with E-state index in [0.717, 1.165) is 12.8 Å². The molecular weight excluding hydrogens is 318 g/mol. The number of ether oxygens (including phenoxy) is 1. The Balaban J connectivity index is 1.80. The highest BCUT2D eigenvalue weighted by atomic mass is 16.5. The first-order valence-electron chi connectivity index (χ1n) is 8.78. The third-order valence-electron chi connectivity index (χ3n) is 4.26. The Kier molecular flexibility index (Phi) is 7.27. The summed E-state index contributed by atoms with van der Waals surface area (Å²) in [5.41, 5.74) is 1.26. The molecule has 0 aromatic heterocycles. The monoisotopic (exact) mass is 343 g/mol. The molecule has 0 unspecified atom stereocenters. The van der Waals surface area contributed by atoms with Gasteiger partial charge in [0.2, 0.25) is 5.91 Å². The van der Waals surface area contributed by atoms with E-state index in [-0.39, 0.29) is 24.8 Å². The molecule has 1 fully saturated rings. The van der Waals surface area contributed by atoms with E-state index in [1.165, 1.54) is 5.56 Å². The van der Waals surface area contributed by atoms with Gasteiger partial charge in [-0.1, -0.05) is 25.5 Å². The molecule has 25 heavy (non-hydrogen) atoms. The lowest BCUT2D eigenvalue weighted by Crippen LogP contribution is -2.39. The van der Waals surface area contributed by atoms with Gasteiger partial charge in [0.15, 0.2) is 6.61 Å². The van der Waals surface area contributed by atoms with E-state index in [1.807, 2.05) is 30.3 Å². The Labute approximate surface area is 149 Å². The van der Waals surface area contributed by atoms with Gasteiger partial charge in [-0.05, 0) is 30.5 Å². The first kappa shape index (κ1) is 18.8. The average molecular weight is 343 g/mol. The fraction of sp³-hybridized carbons (Fsp3) is 0.526. The van der Waals surface area contributed by atoms with Crippen LogP contribution < -0.4 is 4.74 Å². The van der Waals surface area contributed by atoms with Crippen LogP contribution in [0.25, 0.3) is 0 Å². The van der Waals surface area contributed by atoms with Crippen LogP contribution in [0.4, 0.5) is 0 Å². The Morgan fingerprint density at radius 3 is 2.32 bits per heavy atom. The minimum Gasteiger partial charge on any atom is -0.484 e. The maximum absolute atomic E-state index is 12.3. The highest BCUT2D eigenvalue weighted by Crippen LogP contribution is 2.14. The molecule has 0 spiro atoms. The summed E-state index contributed by atoms with van der Waals surface area (Å²) in [6.45, 7) is 4.28. The number of aryl methyl sites for hydroxylation is 1. The van der Waals surface area contributed by atoms with Gasteiger partial charge in [-0.3, -0.25) is 9.59 Å². The lowest BCUT2D eigenvalue weighted by Gasteiger charge is -2.21. The topological polar surface area (TPSA) is 73.6 Å². The van der Waals surface area contributed by atoms with Crippen LogP contribution in [0.1, 0.15) is 31.7 Å². The molecule has 0 N–H and O–H groups in total. The number of carbonyl (C=O) groups is 2. The van der Waals surface area contributed by atoms with E-state index in [4.69, 9.17) is 10.00 Å². The van der Waals surface area contributed by atoms with Crippen molar-refractivity contribution < 1.29 is 14.3 Å². The van der Waals surface area contributed by atoms with E-state index in [0.29, 0.717) is 38.3 Å². The van der Waals surface area contributed by atoms with Gasteiger partial charge in [-0.2, -0.15) is 5.26 Å². The molecule has 6 heteroatoms. The fourth-order valence-electron chi connectivity index (χ4n) is 2.87. The molecule has 2 amide bonds. The summed E-state index contributed by atoms with van der Waals surface area (Å²) in [6, 6.07) is 9.70. The molecule has 2 rings (SSSR count). The molecule has 1 aliphatic heterocycles. The van der Waals surface area contributed by atoms with Crippen LogP contribution in [0.5, 0.6) is 5.75 Å². The summed E-state index contributed by atoms with van der Waals surface area (Å²) in [5, 5.41) is 8.62. The lowest BCUT2D eigenvalue weighted by molar-refractivity contribution is -0.134. The zero-order chi connectivity index (χ0) is 18.1. The molecule has 1 aliphatic rings. The smallest absolute Gasteiger partial charge is 0.260 e. The Morgan fingerprint density at radius 1 is 1.08 bits per heavy atom. The van der Waals surface area contributed by atoms with Gasteiger partial charge in [0, 0.05) is 26.2 Å². The van der Waals surface area contributed by atoms with Crippen LogP contribution in [0.3, 0.4) is 0 Å². The lowest BCUT2D eigenvalue weighted by atomic mass is 10.1. The van der Waals surface area contributed by atoms with Crippen LogP contribution in [-0.2, 0) is 16.0 Å². The largest absolute Gasteiger partial charge is 0.484 e. The quantitative estimate of drug-likeness (QED) is 0.792. The molecular formula is C19H25N3O3. The number of nitriles is 1. The number of rotatable bonds is 6. The molecule has 0 bridgehead atoms. The van der Waals surface area contributed by atoms with E-state index in [2.05, 4.69) is 6.92 Å². The highest BCUT2D eigenvalue weighted by molar-refractivity contribution is 5.79. The average Bonchev–Trinajstić information content (AvgIpc) is 2.88. The molecule has 1 aromatic carbocycles. The summed E-state index contributed by atoms with van der Waals surface area (Å²) in [7, 11) is 0. The first-order valence-corrected chi connectivity index (χ1v) is 8.78. The van der Waals surface area contributed by atoms with Gasteiger partial charge >= 0.3 is 0 Å². The summed E-state index contributed by atoms with van der Waals surface area (Å²) < 4.78 is 5.59. The van der Waals surface area contributed by atoms with Crippen LogP contribution >= 0.6 is 0 Å². The van der Waals surface area contributed by atoms with Crippen molar-refractivity contribution in [1.82, 2.24) is 9.80 Å². The van der Waals surface area contributed by atoms with Gasteiger partial charge in [-0.25, -0.2) is 0 Å². The predicted octanol–water partition coefficient (Wildman–Crippen LogP) is 1.99.